The first-order chi connectivity index (χ1) is 12.8. The van der Waals surface area contributed by atoms with Gasteiger partial charge in [-0.1, -0.05) is 18.2 Å². The van der Waals surface area contributed by atoms with Gasteiger partial charge in [-0.05, 0) is 50.2 Å². The number of benzene rings is 1. The first kappa shape index (κ1) is 17.1. The molecule has 1 aliphatic heterocycles. The van der Waals surface area contributed by atoms with Gasteiger partial charge in [0.05, 0.1) is 11.3 Å². The lowest BCUT2D eigenvalue weighted by Crippen LogP contribution is -2.42. The first-order valence-electron chi connectivity index (χ1n) is 8.95. The highest BCUT2D eigenvalue weighted by Crippen LogP contribution is 2.26. The van der Waals surface area contributed by atoms with E-state index in [1.807, 2.05) is 59.3 Å². The minimum absolute atomic E-state index is 0.0231. The van der Waals surface area contributed by atoms with Crippen molar-refractivity contribution in [1.82, 2.24) is 20.0 Å². The van der Waals surface area contributed by atoms with Crippen molar-refractivity contribution in [2.24, 2.45) is 0 Å². The number of piperidine rings is 1. The van der Waals surface area contributed by atoms with E-state index >= 15 is 0 Å². The molecule has 0 unspecified atom stereocenters. The largest absolute Gasteiger partial charge is 0.349 e. The van der Waals surface area contributed by atoms with Gasteiger partial charge >= 0.3 is 0 Å². The van der Waals surface area contributed by atoms with Crippen LogP contribution in [-0.4, -0.2) is 34.4 Å². The lowest BCUT2D eigenvalue weighted by atomic mass is 10.1. The van der Waals surface area contributed by atoms with Crippen molar-refractivity contribution < 1.29 is 4.79 Å². The Balaban J connectivity index is 1.45. The van der Waals surface area contributed by atoms with Crippen LogP contribution in [0.4, 0.5) is 0 Å². The van der Waals surface area contributed by atoms with Crippen LogP contribution in [-0.2, 0) is 5.75 Å². The number of hydrogen-bond donors (Lipinski definition) is 2. The molecular formula is C20H22N4OS. The number of imidazole rings is 1. The summed E-state index contributed by atoms with van der Waals surface area (Å²) in [6.45, 7) is 1.93. The molecule has 0 bridgehead atoms. The number of nitrogens with zero attached hydrogens (tertiary/aromatic N) is 2. The van der Waals surface area contributed by atoms with Crippen LogP contribution in [0.15, 0.2) is 59.8 Å². The fourth-order valence-corrected chi connectivity index (χ4v) is 4.15. The quantitative estimate of drug-likeness (QED) is 0.681. The molecule has 1 aliphatic rings. The number of fused-ring (bicyclic) bond motifs is 1. The van der Waals surface area contributed by atoms with E-state index in [9.17, 15) is 4.79 Å². The van der Waals surface area contributed by atoms with Gasteiger partial charge in [-0.2, -0.15) is 0 Å². The lowest BCUT2D eigenvalue weighted by molar-refractivity contribution is 0.0926. The summed E-state index contributed by atoms with van der Waals surface area (Å²) in [5, 5.41) is 6.51. The number of hydrogen-bond acceptors (Lipinski definition) is 4. The van der Waals surface area contributed by atoms with E-state index in [2.05, 4.69) is 15.6 Å². The maximum atomic E-state index is 12.7. The Morgan fingerprint density at radius 3 is 2.85 bits per heavy atom. The summed E-state index contributed by atoms with van der Waals surface area (Å²) >= 11 is 1.66. The van der Waals surface area contributed by atoms with E-state index in [0.717, 1.165) is 53.5 Å². The van der Waals surface area contributed by atoms with Gasteiger partial charge in [-0.25, -0.2) is 4.98 Å². The summed E-state index contributed by atoms with van der Waals surface area (Å²) < 4.78 is 2.02. The second-order valence-electron chi connectivity index (χ2n) is 6.48. The standard InChI is InChI=1S/C20H22N4OS/c25-20(23-15-8-10-21-11-9-15)17-5-1-2-6-18(17)26-14-16-13-24-12-4-3-7-19(24)22-16/h1-7,12-13,15,21H,8-11,14H2,(H,23,25). The number of amides is 1. The summed E-state index contributed by atoms with van der Waals surface area (Å²) in [6.07, 6.45) is 6.02. The van der Waals surface area contributed by atoms with Gasteiger partial charge in [-0.3, -0.25) is 4.79 Å². The van der Waals surface area contributed by atoms with Gasteiger partial charge in [0.25, 0.3) is 5.91 Å². The van der Waals surface area contributed by atoms with E-state index in [0.29, 0.717) is 0 Å². The van der Waals surface area contributed by atoms with Crippen LogP contribution in [0.5, 0.6) is 0 Å². The Labute approximate surface area is 157 Å². The third-order valence-corrected chi connectivity index (χ3v) is 5.70. The molecule has 0 atom stereocenters. The van der Waals surface area contributed by atoms with Crippen LogP contribution >= 0.6 is 11.8 Å². The number of carbonyl (C=O) groups excluding carboxylic acids is 1. The summed E-state index contributed by atoms with van der Waals surface area (Å²) in [6, 6.07) is 14.1. The molecule has 4 rings (SSSR count). The molecule has 1 amide bonds. The second kappa shape index (κ2) is 7.93. The smallest absolute Gasteiger partial charge is 0.252 e. The van der Waals surface area contributed by atoms with Gasteiger partial charge in [0, 0.05) is 29.1 Å². The maximum absolute atomic E-state index is 12.7. The molecule has 0 radical (unpaired) electrons. The zero-order chi connectivity index (χ0) is 17.8. The van der Waals surface area contributed by atoms with Crippen molar-refractivity contribution in [3.05, 3.63) is 66.1 Å². The number of thioether (sulfide) groups is 1. The average Bonchev–Trinajstić information content (AvgIpc) is 3.10. The van der Waals surface area contributed by atoms with Crippen LogP contribution in [0, 0.1) is 0 Å². The molecule has 134 valence electrons. The van der Waals surface area contributed by atoms with E-state index in [-0.39, 0.29) is 11.9 Å². The van der Waals surface area contributed by atoms with Crippen molar-refractivity contribution in [2.75, 3.05) is 13.1 Å². The number of aromatic nitrogens is 2. The molecule has 5 nitrogen and oxygen atoms in total. The third-order valence-electron chi connectivity index (χ3n) is 4.60. The molecule has 0 spiro atoms. The SMILES string of the molecule is O=C(NC1CCNCC1)c1ccccc1SCc1cn2ccccc2n1. The van der Waals surface area contributed by atoms with Crippen molar-refractivity contribution in [2.45, 2.75) is 29.5 Å². The van der Waals surface area contributed by atoms with E-state index in [1.165, 1.54) is 0 Å². The topological polar surface area (TPSA) is 58.4 Å². The van der Waals surface area contributed by atoms with Gasteiger partial charge in [0.15, 0.2) is 0 Å². The van der Waals surface area contributed by atoms with Gasteiger partial charge in [-0.15, -0.1) is 11.8 Å². The molecule has 2 N–H and O–H groups in total. The minimum Gasteiger partial charge on any atom is -0.349 e. The Morgan fingerprint density at radius 2 is 2.00 bits per heavy atom. The molecule has 1 fully saturated rings. The molecule has 0 saturated carbocycles. The Kier molecular flexibility index (Phi) is 5.22. The van der Waals surface area contributed by atoms with Crippen LogP contribution in [0.2, 0.25) is 0 Å². The lowest BCUT2D eigenvalue weighted by Gasteiger charge is -2.24. The molecule has 6 heteroatoms. The van der Waals surface area contributed by atoms with Crippen LogP contribution in [0.1, 0.15) is 28.9 Å². The molecular weight excluding hydrogens is 344 g/mol. The Hall–Kier alpha value is -2.31. The first-order valence-corrected chi connectivity index (χ1v) is 9.94. The van der Waals surface area contributed by atoms with Crippen molar-refractivity contribution in [1.29, 1.82) is 0 Å². The van der Waals surface area contributed by atoms with Crippen molar-refractivity contribution >= 4 is 23.3 Å². The number of rotatable bonds is 5. The van der Waals surface area contributed by atoms with Crippen molar-refractivity contribution in [3.8, 4) is 0 Å². The highest BCUT2D eigenvalue weighted by Gasteiger charge is 2.18. The van der Waals surface area contributed by atoms with Gasteiger partial charge in [0.2, 0.25) is 0 Å². The van der Waals surface area contributed by atoms with Gasteiger partial charge < -0.3 is 15.0 Å². The second-order valence-corrected chi connectivity index (χ2v) is 7.50. The van der Waals surface area contributed by atoms with Crippen LogP contribution < -0.4 is 10.6 Å². The molecule has 26 heavy (non-hydrogen) atoms. The van der Waals surface area contributed by atoms with Gasteiger partial charge in [0.1, 0.15) is 5.65 Å². The van der Waals surface area contributed by atoms with Crippen molar-refractivity contribution in [3.63, 3.8) is 0 Å². The molecule has 2 aromatic heterocycles. The number of carbonyl (C=O) groups is 1. The highest BCUT2D eigenvalue weighted by atomic mass is 32.2. The summed E-state index contributed by atoms with van der Waals surface area (Å²) in [4.78, 5) is 18.3. The molecule has 3 heterocycles. The highest BCUT2D eigenvalue weighted by molar-refractivity contribution is 7.98. The number of pyridine rings is 1. The fraction of sp³-hybridized carbons (Fsp3) is 0.300. The predicted molar refractivity (Wildman–Crippen MR) is 105 cm³/mol. The third kappa shape index (κ3) is 3.92. The molecule has 1 saturated heterocycles. The fourth-order valence-electron chi connectivity index (χ4n) is 3.22. The maximum Gasteiger partial charge on any atom is 0.252 e. The normalized spacial score (nSPS) is 15.2. The zero-order valence-electron chi connectivity index (χ0n) is 14.5. The molecule has 3 aromatic rings. The Morgan fingerprint density at radius 1 is 1.19 bits per heavy atom. The minimum atomic E-state index is 0.0231. The Bertz CT molecular complexity index is 868. The van der Waals surface area contributed by atoms with Crippen LogP contribution in [0.25, 0.3) is 5.65 Å². The van der Waals surface area contributed by atoms with Crippen LogP contribution in [0.3, 0.4) is 0 Å². The predicted octanol–water partition coefficient (Wildman–Crippen LogP) is 3.11. The number of nitrogens with one attached hydrogen (secondary N) is 2. The van der Waals surface area contributed by atoms with E-state index < -0.39 is 0 Å². The zero-order valence-corrected chi connectivity index (χ0v) is 15.3. The average molecular weight is 366 g/mol. The van der Waals surface area contributed by atoms with E-state index in [1.54, 1.807) is 11.8 Å². The molecule has 0 aliphatic carbocycles. The summed E-state index contributed by atoms with van der Waals surface area (Å²) in [5.74, 6) is 0.759. The van der Waals surface area contributed by atoms with E-state index in [4.69, 9.17) is 0 Å². The monoisotopic (exact) mass is 366 g/mol. The summed E-state index contributed by atoms with van der Waals surface area (Å²) in [7, 11) is 0. The summed E-state index contributed by atoms with van der Waals surface area (Å²) in [5.41, 5.74) is 2.70. The molecule has 1 aromatic carbocycles.